The summed E-state index contributed by atoms with van der Waals surface area (Å²) in [6.07, 6.45) is 0.838. The summed E-state index contributed by atoms with van der Waals surface area (Å²) in [4.78, 5) is 12.0. The van der Waals surface area contributed by atoms with E-state index >= 15 is 0 Å². The van der Waals surface area contributed by atoms with Crippen LogP contribution in [0.5, 0.6) is 5.75 Å². The molecular weight excluding hydrogens is 376 g/mol. The van der Waals surface area contributed by atoms with Gasteiger partial charge in [-0.05, 0) is 81.1 Å². The number of carbonyl (C=O) groups is 1. The van der Waals surface area contributed by atoms with Crippen molar-refractivity contribution >= 4 is 21.6 Å². The molecule has 152 valence electrons. The van der Waals surface area contributed by atoms with Crippen molar-refractivity contribution in [2.75, 3.05) is 11.3 Å². The topological polar surface area (TPSA) is 84.5 Å². The smallest absolute Gasteiger partial charge is 0.261 e. The van der Waals surface area contributed by atoms with Gasteiger partial charge < -0.3 is 10.1 Å². The van der Waals surface area contributed by atoms with Crippen LogP contribution in [0.3, 0.4) is 0 Å². The number of nitrogens with one attached hydrogen (secondary N) is 2. The van der Waals surface area contributed by atoms with E-state index in [1.165, 1.54) is 12.1 Å². The molecule has 0 aliphatic heterocycles. The van der Waals surface area contributed by atoms with Crippen LogP contribution in [0, 0.1) is 20.8 Å². The minimum Gasteiger partial charge on any atom is -0.484 e. The van der Waals surface area contributed by atoms with Crippen LogP contribution >= 0.6 is 0 Å². The number of anilines is 1. The van der Waals surface area contributed by atoms with Crippen LogP contribution in [0.2, 0.25) is 0 Å². The van der Waals surface area contributed by atoms with Crippen molar-refractivity contribution in [2.45, 2.75) is 52.0 Å². The van der Waals surface area contributed by atoms with Crippen molar-refractivity contribution in [1.82, 2.24) is 5.32 Å². The van der Waals surface area contributed by atoms with Gasteiger partial charge in [0.25, 0.3) is 15.9 Å². The number of hydrogen-bond acceptors (Lipinski definition) is 4. The molecular formula is C21H28N2O4S. The number of amides is 1. The Balaban J connectivity index is 2.09. The van der Waals surface area contributed by atoms with E-state index in [2.05, 4.69) is 10.0 Å². The molecule has 0 aromatic heterocycles. The second-order valence-electron chi connectivity index (χ2n) is 7.00. The first-order valence-corrected chi connectivity index (χ1v) is 10.7. The number of sulfonamides is 1. The minimum absolute atomic E-state index is 0.0844. The highest BCUT2D eigenvalue weighted by Gasteiger charge is 2.16. The summed E-state index contributed by atoms with van der Waals surface area (Å²) < 4.78 is 33.5. The SMILES string of the molecule is CC[C@H](C)NC(=O)COc1ccc(S(=O)(=O)Nc2ccc(C)c(C)c2)cc1C. The van der Waals surface area contributed by atoms with Crippen LogP contribution in [-0.2, 0) is 14.8 Å². The third kappa shape index (κ3) is 5.73. The van der Waals surface area contributed by atoms with E-state index < -0.39 is 10.0 Å². The van der Waals surface area contributed by atoms with Crippen LogP contribution < -0.4 is 14.8 Å². The predicted molar refractivity (Wildman–Crippen MR) is 111 cm³/mol. The highest BCUT2D eigenvalue weighted by Crippen LogP contribution is 2.24. The Labute approximate surface area is 167 Å². The van der Waals surface area contributed by atoms with E-state index in [0.717, 1.165) is 17.5 Å². The van der Waals surface area contributed by atoms with Gasteiger partial charge in [-0.15, -0.1) is 0 Å². The zero-order chi connectivity index (χ0) is 20.9. The van der Waals surface area contributed by atoms with Gasteiger partial charge in [0.15, 0.2) is 6.61 Å². The van der Waals surface area contributed by atoms with Gasteiger partial charge in [0, 0.05) is 11.7 Å². The monoisotopic (exact) mass is 404 g/mol. The second-order valence-corrected chi connectivity index (χ2v) is 8.68. The first-order chi connectivity index (χ1) is 13.1. The molecule has 0 saturated carbocycles. The summed E-state index contributed by atoms with van der Waals surface area (Å²) in [6, 6.07) is 10.1. The van der Waals surface area contributed by atoms with Gasteiger partial charge in [-0.3, -0.25) is 9.52 Å². The molecule has 2 rings (SSSR count). The van der Waals surface area contributed by atoms with Crippen molar-refractivity contribution in [2.24, 2.45) is 0 Å². The van der Waals surface area contributed by atoms with Crippen LogP contribution in [0.4, 0.5) is 5.69 Å². The number of benzene rings is 2. The standard InChI is InChI=1S/C21H28N2O4S/c1-6-17(5)22-21(24)13-27-20-10-9-19(12-16(20)4)28(25,26)23-18-8-7-14(2)15(3)11-18/h7-12,17,23H,6,13H2,1-5H3,(H,22,24)/t17-/m0/s1. The lowest BCUT2D eigenvalue weighted by Crippen LogP contribution is -2.35. The van der Waals surface area contributed by atoms with Crippen molar-refractivity contribution in [3.63, 3.8) is 0 Å². The Bertz CT molecular complexity index is 955. The minimum atomic E-state index is -3.72. The normalized spacial score (nSPS) is 12.3. The van der Waals surface area contributed by atoms with Gasteiger partial charge in [0.05, 0.1) is 4.90 Å². The average Bonchev–Trinajstić information content (AvgIpc) is 2.63. The zero-order valence-corrected chi connectivity index (χ0v) is 17.8. The molecule has 0 heterocycles. The molecule has 1 atom stereocenters. The highest BCUT2D eigenvalue weighted by atomic mass is 32.2. The van der Waals surface area contributed by atoms with Crippen LogP contribution in [-0.4, -0.2) is 27.0 Å². The van der Waals surface area contributed by atoms with Gasteiger partial charge in [-0.1, -0.05) is 13.0 Å². The largest absolute Gasteiger partial charge is 0.484 e. The lowest BCUT2D eigenvalue weighted by atomic mass is 10.1. The van der Waals surface area contributed by atoms with Gasteiger partial charge in [0.2, 0.25) is 0 Å². The molecule has 2 aromatic rings. The van der Waals surface area contributed by atoms with Gasteiger partial charge in [0.1, 0.15) is 5.75 Å². The first kappa shape index (κ1) is 21.8. The fourth-order valence-electron chi connectivity index (χ4n) is 2.53. The van der Waals surface area contributed by atoms with E-state index in [1.54, 1.807) is 25.1 Å². The molecule has 0 radical (unpaired) electrons. The molecule has 0 aliphatic carbocycles. The lowest BCUT2D eigenvalue weighted by molar-refractivity contribution is -0.123. The molecule has 28 heavy (non-hydrogen) atoms. The summed E-state index contributed by atoms with van der Waals surface area (Å²) >= 11 is 0. The van der Waals surface area contributed by atoms with Crippen LogP contribution in [0.15, 0.2) is 41.3 Å². The lowest BCUT2D eigenvalue weighted by Gasteiger charge is -2.14. The second kappa shape index (κ2) is 9.10. The zero-order valence-electron chi connectivity index (χ0n) is 17.0. The molecule has 6 nitrogen and oxygen atoms in total. The van der Waals surface area contributed by atoms with E-state index in [-0.39, 0.29) is 23.5 Å². The van der Waals surface area contributed by atoms with Crippen molar-refractivity contribution in [3.05, 3.63) is 53.1 Å². The Morgan fingerprint density at radius 3 is 2.36 bits per heavy atom. The van der Waals surface area contributed by atoms with Crippen molar-refractivity contribution < 1.29 is 17.9 Å². The molecule has 2 N–H and O–H groups in total. The van der Waals surface area contributed by atoms with E-state index in [4.69, 9.17) is 4.74 Å². The maximum absolute atomic E-state index is 12.7. The molecule has 0 aliphatic rings. The average molecular weight is 405 g/mol. The van der Waals surface area contributed by atoms with Gasteiger partial charge in [-0.25, -0.2) is 8.42 Å². The number of ether oxygens (including phenoxy) is 1. The maximum Gasteiger partial charge on any atom is 0.261 e. The van der Waals surface area contributed by atoms with Gasteiger partial charge in [-0.2, -0.15) is 0 Å². The highest BCUT2D eigenvalue weighted by molar-refractivity contribution is 7.92. The fraction of sp³-hybridized carbons (Fsp3) is 0.381. The number of hydrogen-bond donors (Lipinski definition) is 2. The summed E-state index contributed by atoms with van der Waals surface area (Å²) in [7, 11) is -3.72. The Morgan fingerprint density at radius 1 is 1.04 bits per heavy atom. The van der Waals surface area contributed by atoms with Crippen molar-refractivity contribution in [3.8, 4) is 5.75 Å². The Kier molecular flexibility index (Phi) is 7.07. The summed E-state index contributed by atoms with van der Waals surface area (Å²) in [5.41, 5.74) is 3.26. The molecule has 1 amide bonds. The van der Waals surface area contributed by atoms with Crippen LogP contribution in [0.25, 0.3) is 0 Å². The molecule has 7 heteroatoms. The summed E-state index contributed by atoms with van der Waals surface area (Å²) in [5.74, 6) is 0.270. The van der Waals surface area contributed by atoms with Crippen molar-refractivity contribution in [1.29, 1.82) is 0 Å². The molecule has 0 saturated heterocycles. The van der Waals surface area contributed by atoms with E-state index in [0.29, 0.717) is 17.0 Å². The summed E-state index contributed by atoms with van der Waals surface area (Å²) in [6.45, 7) is 9.45. The fourth-order valence-corrected chi connectivity index (χ4v) is 3.67. The Hall–Kier alpha value is -2.54. The number of aryl methyl sites for hydroxylation is 3. The molecule has 0 spiro atoms. The molecule has 0 fully saturated rings. The first-order valence-electron chi connectivity index (χ1n) is 9.25. The summed E-state index contributed by atoms with van der Waals surface area (Å²) in [5, 5.41) is 2.82. The number of rotatable bonds is 8. The Morgan fingerprint density at radius 2 is 1.75 bits per heavy atom. The quantitative estimate of drug-likeness (QED) is 0.702. The molecule has 0 unspecified atom stereocenters. The van der Waals surface area contributed by atoms with Gasteiger partial charge >= 0.3 is 0 Å². The third-order valence-electron chi connectivity index (χ3n) is 4.59. The number of carbonyl (C=O) groups excluding carboxylic acids is 1. The van der Waals surface area contributed by atoms with E-state index in [9.17, 15) is 13.2 Å². The maximum atomic E-state index is 12.7. The predicted octanol–water partition coefficient (Wildman–Crippen LogP) is 3.71. The van der Waals surface area contributed by atoms with Crippen LogP contribution in [0.1, 0.15) is 37.0 Å². The molecule has 0 bridgehead atoms. The molecule has 2 aromatic carbocycles. The van der Waals surface area contributed by atoms with E-state index in [1.807, 2.05) is 33.8 Å². The third-order valence-corrected chi connectivity index (χ3v) is 5.97.